The van der Waals surface area contributed by atoms with E-state index in [4.69, 9.17) is 14.6 Å². The van der Waals surface area contributed by atoms with Crippen LogP contribution in [0.25, 0.3) is 0 Å². The van der Waals surface area contributed by atoms with E-state index in [0.29, 0.717) is 22.6 Å². The van der Waals surface area contributed by atoms with Crippen molar-refractivity contribution in [2.45, 2.75) is 19.4 Å². The molecule has 0 radical (unpaired) electrons. The summed E-state index contributed by atoms with van der Waals surface area (Å²) in [5, 5.41) is 11.9. The highest BCUT2D eigenvalue weighted by molar-refractivity contribution is 5.78. The number of nitrogens with one attached hydrogen (secondary N) is 1. The fourth-order valence-electron chi connectivity index (χ4n) is 2.49. The zero-order valence-electron chi connectivity index (χ0n) is 14.2. The van der Waals surface area contributed by atoms with Crippen LogP contribution in [-0.2, 0) is 29.0 Å². The van der Waals surface area contributed by atoms with Crippen molar-refractivity contribution in [2.24, 2.45) is 0 Å². The molecule has 0 atom stereocenters. The molecule has 0 aliphatic heterocycles. The summed E-state index contributed by atoms with van der Waals surface area (Å²) in [6, 6.07) is 12.7. The Kier molecular flexibility index (Phi) is 6.39. The van der Waals surface area contributed by atoms with E-state index in [-0.39, 0.29) is 25.3 Å². The maximum Gasteiger partial charge on any atom is 0.307 e. The van der Waals surface area contributed by atoms with Gasteiger partial charge < -0.3 is 19.9 Å². The summed E-state index contributed by atoms with van der Waals surface area (Å²) in [6.45, 7) is 0.217. The highest BCUT2D eigenvalue weighted by Gasteiger charge is 2.14. The molecule has 0 unspecified atom stereocenters. The number of rotatable bonds is 8. The minimum Gasteiger partial charge on any atom is -0.493 e. The third-order valence-electron chi connectivity index (χ3n) is 3.73. The quantitative estimate of drug-likeness (QED) is 0.767. The second kappa shape index (κ2) is 8.73. The number of aliphatic carboxylic acids is 1. The Morgan fingerprint density at radius 3 is 2.12 bits per heavy atom. The molecule has 0 spiro atoms. The molecule has 0 bridgehead atoms. The molecule has 1 amide bonds. The van der Waals surface area contributed by atoms with Gasteiger partial charge in [-0.2, -0.15) is 0 Å². The van der Waals surface area contributed by atoms with Crippen molar-refractivity contribution < 1.29 is 24.2 Å². The van der Waals surface area contributed by atoms with Crippen molar-refractivity contribution in [3.05, 3.63) is 59.2 Å². The van der Waals surface area contributed by atoms with Gasteiger partial charge in [-0.15, -0.1) is 0 Å². The molecule has 0 heterocycles. The van der Waals surface area contributed by atoms with Gasteiger partial charge >= 0.3 is 5.97 Å². The zero-order valence-corrected chi connectivity index (χ0v) is 14.2. The van der Waals surface area contributed by atoms with Gasteiger partial charge in [-0.25, -0.2) is 0 Å². The van der Waals surface area contributed by atoms with E-state index in [2.05, 4.69) is 5.32 Å². The van der Waals surface area contributed by atoms with Gasteiger partial charge in [0.1, 0.15) is 0 Å². The number of ether oxygens (including phenoxy) is 2. The highest BCUT2D eigenvalue weighted by atomic mass is 16.5. The zero-order chi connectivity index (χ0) is 18.2. The Labute approximate surface area is 146 Å². The van der Waals surface area contributed by atoms with Gasteiger partial charge in [-0.1, -0.05) is 30.3 Å². The topological polar surface area (TPSA) is 84.9 Å². The maximum absolute atomic E-state index is 12.1. The standard InChI is InChI=1S/C19H21NO5/c1-24-16-9-14(11-19(22)23)15(10-17(16)25-2)12-20-18(21)8-13-6-4-3-5-7-13/h3-7,9-10H,8,11-12H2,1-2H3,(H,20,21)(H,22,23). The molecule has 0 aromatic heterocycles. The molecule has 25 heavy (non-hydrogen) atoms. The lowest BCUT2D eigenvalue weighted by atomic mass is 10.0. The van der Waals surface area contributed by atoms with Crippen molar-refractivity contribution >= 4 is 11.9 Å². The van der Waals surface area contributed by atoms with Gasteiger partial charge in [0, 0.05) is 6.54 Å². The number of amides is 1. The smallest absolute Gasteiger partial charge is 0.307 e. The van der Waals surface area contributed by atoms with E-state index in [1.807, 2.05) is 30.3 Å². The average Bonchev–Trinajstić information content (AvgIpc) is 2.60. The summed E-state index contributed by atoms with van der Waals surface area (Å²) in [5.74, 6) is -0.145. The van der Waals surface area contributed by atoms with Gasteiger partial charge in [-0.05, 0) is 28.8 Å². The SMILES string of the molecule is COc1cc(CNC(=O)Cc2ccccc2)c(CC(=O)O)cc1OC. The van der Waals surface area contributed by atoms with E-state index in [0.717, 1.165) is 5.56 Å². The molecular weight excluding hydrogens is 322 g/mol. The largest absolute Gasteiger partial charge is 0.493 e. The van der Waals surface area contributed by atoms with Gasteiger partial charge in [0.25, 0.3) is 0 Å². The number of hydrogen-bond acceptors (Lipinski definition) is 4. The lowest BCUT2D eigenvalue weighted by molar-refractivity contribution is -0.136. The van der Waals surface area contributed by atoms with Gasteiger partial charge in [0.15, 0.2) is 11.5 Å². The molecule has 0 aliphatic carbocycles. The first kappa shape index (κ1) is 18.3. The normalized spacial score (nSPS) is 10.2. The Bertz CT molecular complexity index is 743. The minimum atomic E-state index is -0.955. The Balaban J connectivity index is 2.13. The van der Waals surface area contributed by atoms with Crippen molar-refractivity contribution in [3.8, 4) is 11.5 Å². The maximum atomic E-state index is 12.1. The second-order valence-corrected chi connectivity index (χ2v) is 5.49. The molecule has 6 nitrogen and oxygen atoms in total. The monoisotopic (exact) mass is 343 g/mol. The first-order valence-corrected chi connectivity index (χ1v) is 7.79. The number of hydrogen-bond donors (Lipinski definition) is 2. The molecule has 2 rings (SSSR count). The van der Waals surface area contributed by atoms with Crippen LogP contribution >= 0.6 is 0 Å². The van der Waals surface area contributed by atoms with Gasteiger partial charge in [-0.3, -0.25) is 9.59 Å². The fourth-order valence-corrected chi connectivity index (χ4v) is 2.49. The van der Waals surface area contributed by atoms with Crippen LogP contribution in [0.2, 0.25) is 0 Å². The second-order valence-electron chi connectivity index (χ2n) is 5.49. The van der Waals surface area contributed by atoms with Crippen molar-refractivity contribution in [1.82, 2.24) is 5.32 Å². The van der Waals surface area contributed by atoms with Gasteiger partial charge in [0.05, 0.1) is 27.1 Å². The van der Waals surface area contributed by atoms with Crippen LogP contribution in [0.3, 0.4) is 0 Å². The Hall–Kier alpha value is -3.02. The summed E-state index contributed by atoms with van der Waals surface area (Å²) in [4.78, 5) is 23.2. The summed E-state index contributed by atoms with van der Waals surface area (Å²) < 4.78 is 10.5. The van der Waals surface area contributed by atoms with Gasteiger partial charge in [0.2, 0.25) is 5.91 Å². The highest BCUT2D eigenvalue weighted by Crippen LogP contribution is 2.31. The van der Waals surface area contributed by atoms with Crippen molar-refractivity contribution in [1.29, 1.82) is 0 Å². The first-order chi connectivity index (χ1) is 12.0. The lowest BCUT2D eigenvalue weighted by Gasteiger charge is -2.15. The van der Waals surface area contributed by atoms with E-state index < -0.39 is 5.97 Å². The van der Waals surface area contributed by atoms with Crippen LogP contribution in [0.15, 0.2) is 42.5 Å². The summed E-state index contributed by atoms with van der Waals surface area (Å²) in [5.41, 5.74) is 2.17. The van der Waals surface area contributed by atoms with Crippen LogP contribution < -0.4 is 14.8 Å². The summed E-state index contributed by atoms with van der Waals surface area (Å²) in [6.07, 6.45) is 0.104. The average molecular weight is 343 g/mol. The van der Waals surface area contributed by atoms with Crippen molar-refractivity contribution in [3.63, 3.8) is 0 Å². The molecule has 2 aromatic carbocycles. The first-order valence-electron chi connectivity index (χ1n) is 7.79. The molecular formula is C19H21NO5. The molecule has 2 aromatic rings. The summed E-state index contributed by atoms with van der Waals surface area (Å²) in [7, 11) is 3.00. The van der Waals surface area contributed by atoms with Crippen LogP contribution in [0, 0.1) is 0 Å². The lowest BCUT2D eigenvalue weighted by Crippen LogP contribution is -2.25. The Morgan fingerprint density at radius 2 is 1.56 bits per heavy atom. The van der Waals surface area contributed by atoms with E-state index >= 15 is 0 Å². The van der Waals surface area contributed by atoms with Crippen LogP contribution in [0.1, 0.15) is 16.7 Å². The number of carboxylic acid groups (broad SMARTS) is 1. The molecule has 6 heteroatoms. The number of benzene rings is 2. The number of methoxy groups -OCH3 is 2. The number of carbonyl (C=O) groups excluding carboxylic acids is 1. The Morgan fingerprint density at radius 1 is 0.960 bits per heavy atom. The van der Waals surface area contributed by atoms with Crippen LogP contribution in [0.4, 0.5) is 0 Å². The predicted molar refractivity (Wildman–Crippen MR) is 92.9 cm³/mol. The number of carbonyl (C=O) groups is 2. The van der Waals surface area contributed by atoms with E-state index in [1.165, 1.54) is 14.2 Å². The molecule has 2 N–H and O–H groups in total. The van der Waals surface area contributed by atoms with Crippen LogP contribution in [-0.4, -0.2) is 31.2 Å². The molecule has 0 aliphatic rings. The van der Waals surface area contributed by atoms with E-state index in [9.17, 15) is 9.59 Å². The fraction of sp³-hybridized carbons (Fsp3) is 0.263. The summed E-state index contributed by atoms with van der Waals surface area (Å²) >= 11 is 0. The minimum absolute atomic E-state index is 0.137. The third-order valence-corrected chi connectivity index (χ3v) is 3.73. The number of carboxylic acids is 1. The van der Waals surface area contributed by atoms with Crippen LogP contribution in [0.5, 0.6) is 11.5 Å². The molecule has 0 saturated heterocycles. The molecule has 0 fully saturated rings. The molecule has 132 valence electrons. The molecule has 0 saturated carbocycles. The predicted octanol–water partition coefficient (Wildman–Crippen LogP) is 2.19. The van der Waals surface area contributed by atoms with E-state index in [1.54, 1.807) is 12.1 Å². The van der Waals surface area contributed by atoms with Crippen molar-refractivity contribution in [2.75, 3.05) is 14.2 Å². The third kappa shape index (κ3) is 5.24.